The molecule has 5 heteroatoms. The first-order valence-electron chi connectivity index (χ1n) is 9.94. The second kappa shape index (κ2) is 8.11. The van der Waals surface area contributed by atoms with E-state index in [4.69, 9.17) is 0 Å². The number of benzene rings is 1. The number of rotatable bonds is 5. The van der Waals surface area contributed by atoms with Crippen molar-refractivity contribution in [3.63, 3.8) is 0 Å². The van der Waals surface area contributed by atoms with Gasteiger partial charge >= 0.3 is 0 Å². The molecule has 2 amide bonds. The van der Waals surface area contributed by atoms with Crippen molar-refractivity contribution in [2.24, 2.45) is 5.41 Å². The van der Waals surface area contributed by atoms with Gasteiger partial charge in [-0.05, 0) is 63.8 Å². The molecule has 1 aromatic rings. The number of nitrogens with one attached hydrogen (secondary N) is 2. The van der Waals surface area contributed by atoms with Crippen molar-refractivity contribution in [2.45, 2.75) is 64.8 Å². The Bertz CT molecular complexity index is 627. The van der Waals surface area contributed by atoms with Gasteiger partial charge in [-0.3, -0.25) is 9.59 Å². The van der Waals surface area contributed by atoms with Gasteiger partial charge in [0.1, 0.15) is 5.41 Å². The summed E-state index contributed by atoms with van der Waals surface area (Å²) in [5, 5.41) is 5.97. The summed E-state index contributed by atoms with van der Waals surface area (Å²) in [6, 6.07) is 8.12. The van der Waals surface area contributed by atoms with Crippen LogP contribution in [0.3, 0.4) is 0 Å². The molecule has 0 atom stereocenters. The first-order valence-corrected chi connectivity index (χ1v) is 9.94. The number of nitrogens with zero attached hydrogens (tertiary/aromatic N) is 1. The van der Waals surface area contributed by atoms with Crippen molar-refractivity contribution >= 4 is 23.2 Å². The predicted molar refractivity (Wildman–Crippen MR) is 105 cm³/mol. The summed E-state index contributed by atoms with van der Waals surface area (Å²) in [5.41, 5.74) is 0.830. The summed E-state index contributed by atoms with van der Waals surface area (Å²) < 4.78 is 0. The van der Waals surface area contributed by atoms with Gasteiger partial charge in [0, 0.05) is 30.5 Å². The van der Waals surface area contributed by atoms with Gasteiger partial charge in [-0.15, -0.1) is 0 Å². The molecule has 0 radical (unpaired) electrons. The molecule has 2 aliphatic rings. The van der Waals surface area contributed by atoms with E-state index in [0.29, 0.717) is 0 Å². The lowest BCUT2D eigenvalue weighted by atomic mass is 9.88. The van der Waals surface area contributed by atoms with E-state index in [2.05, 4.69) is 15.5 Å². The van der Waals surface area contributed by atoms with E-state index in [9.17, 15) is 9.59 Å². The van der Waals surface area contributed by atoms with Gasteiger partial charge in [-0.25, -0.2) is 0 Å². The van der Waals surface area contributed by atoms with Crippen LogP contribution in [0.15, 0.2) is 24.3 Å². The van der Waals surface area contributed by atoms with Crippen molar-refractivity contribution < 1.29 is 9.59 Å². The van der Waals surface area contributed by atoms with Crippen molar-refractivity contribution in [2.75, 3.05) is 23.3 Å². The third-order valence-electron chi connectivity index (χ3n) is 5.67. The monoisotopic (exact) mass is 357 g/mol. The molecule has 0 aromatic heterocycles. The highest BCUT2D eigenvalue weighted by molar-refractivity contribution is 6.09. The lowest BCUT2D eigenvalue weighted by Crippen LogP contribution is -2.49. The Kier molecular flexibility index (Phi) is 5.84. The third-order valence-corrected chi connectivity index (χ3v) is 5.67. The largest absolute Gasteiger partial charge is 0.372 e. The molecule has 3 rings (SSSR count). The van der Waals surface area contributed by atoms with Gasteiger partial charge < -0.3 is 15.5 Å². The van der Waals surface area contributed by atoms with Crippen molar-refractivity contribution in [3.05, 3.63) is 24.3 Å². The maximum Gasteiger partial charge on any atom is 0.239 e. The molecular formula is C21H31N3O2. The average molecular weight is 357 g/mol. The minimum Gasteiger partial charge on any atom is -0.372 e. The lowest BCUT2D eigenvalue weighted by molar-refractivity contribution is -0.139. The average Bonchev–Trinajstić information content (AvgIpc) is 3.18. The van der Waals surface area contributed by atoms with Crippen molar-refractivity contribution in [3.8, 4) is 0 Å². The van der Waals surface area contributed by atoms with Crippen LogP contribution in [0.5, 0.6) is 0 Å². The molecule has 1 aliphatic carbocycles. The molecule has 142 valence electrons. The molecule has 1 aromatic carbocycles. The van der Waals surface area contributed by atoms with Crippen LogP contribution in [-0.4, -0.2) is 30.9 Å². The normalized spacial score (nSPS) is 18.6. The highest BCUT2D eigenvalue weighted by atomic mass is 16.2. The number of hydrogen-bond donors (Lipinski definition) is 2. The van der Waals surface area contributed by atoms with Gasteiger partial charge in [0.05, 0.1) is 0 Å². The molecule has 1 saturated heterocycles. The molecule has 1 heterocycles. The highest BCUT2D eigenvalue weighted by Crippen LogP contribution is 2.25. The molecule has 26 heavy (non-hydrogen) atoms. The highest BCUT2D eigenvalue weighted by Gasteiger charge is 2.37. The molecule has 1 aliphatic heterocycles. The standard InChI is InChI=1S/C21H31N3O2/c1-21(2,19(25)22-16-8-4-3-5-9-16)20(26)23-17-10-12-18(13-11-17)24-14-6-7-15-24/h10-13,16H,3-9,14-15H2,1-2H3,(H,22,25)(H,23,26). The van der Waals surface area contributed by atoms with E-state index >= 15 is 0 Å². The van der Waals surface area contributed by atoms with E-state index in [1.165, 1.54) is 24.9 Å². The number of hydrogen-bond acceptors (Lipinski definition) is 3. The molecular weight excluding hydrogens is 326 g/mol. The van der Waals surface area contributed by atoms with Gasteiger partial charge in [0.2, 0.25) is 11.8 Å². The van der Waals surface area contributed by atoms with Crippen LogP contribution < -0.4 is 15.5 Å². The zero-order chi connectivity index (χ0) is 18.6. The molecule has 0 bridgehead atoms. The Morgan fingerprint density at radius 2 is 1.54 bits per heavy atom. The van der Waals surface area contributed by atoms with Crippen LogP contribution in [0.2, 0.25) is 0 Å². The van der Waals surface area contributed by atoms with Gasteiger partial charge in [-0.2, -0.15) is 0 Å². The smallest absolute Gasteiger partial charge is 0.239 e. The molecule has 0 spiro atoms. The van der Waals surface area contributed by atoms with Crippen LogP contribution in [0.25, 0.3) is 0 Å². The Morgan fingerprint density at radius 3 is 2.15 bits per heavy atom. The van der Waals surface area contributed by atoms with Crippen molar-refractivity contribution in [1.29, 1.82) is 0 Å². The van der Waals surface area contributed by atoms with Crippen LogP contribution in [0, 0.1) is 5.41 Å². The second-order valence-corrected chi connectivity index (χ2v) is 8.13. The molecule has 2 N–H and O–H groups in total. The molecule has 0 unspecified atom stereocenters. The maximum absolute atomic E-state index is 12.7. The first kappa shape index (κ1) is 18.7. The van der Waals surface area contributed by atoms with Gasteiger partial charge in [0.25, 0.3) is 0 Å². The summed E-state index contributed by atoms with van der Waals surface area (Å²) in [5.74, 6) is -0.449. The zero-order valence-electron chi connectivity index (χ0n) is 16.0. The third kappa shape index (κ3) is 4.37. The molecule has 1 saturated carbocycles. The minimum atomic E-state index is -1.09. The fourth-order valence-electron chi connectivity index (χ4n) is 3.73. The second-order valence-electron chi connectivity index (χ2n) is 8.13. The summed E-state index contributed by atoms with van der Waals surface area (Å²) >= 11 is 0. The Hall–Kier alpha value is -2.04. The zero-order valence-corrected chi connectivity index (χ0v) is 16.0. The quantitative estimate of drug-likeness (QED) is 0.790. The minimum absolute atomic E-state index is 0.185. The van der Waals surface area contributed by atoms with Crippen molar-refractivity contribution in [1.82, 2.24) is 5.32 Å². The van der Waals surface area contributed by atoms with Crippen LogP contribution in [0.1, 0.15) is 58.8 Å². The Balaban J connectivity index is 1.57. The topological polar surface area (TPSA) is 61.4 Å². The van der Waals surface area contributed by atoms with E-state index in [0.717, 1.165) is 44.5 Å². The molecule has 2 fully saturated rings. The van der Waals surface area contributed by atoms with E-state index in [1.54, 1.807) is 13.8 Å². The number of amides is 2. The fourth-order valence-corrected chi connectivity index (χ4v) is 3.73. The van der Waals surface area contributed by atoms with Crippen LogP contribution in [-0.2, 0) is 9.59 Å². The fraction of sp³-hybridized carbons (Fsp3) is 0.619. The van der Waals surface area contributed by atoms with E-state index < -0.39 is 5.41 Å². The predicted octanol–water partition coefficient (Wildman–Crippen LogP) is 3.70. The number of carbonyl (C=O) groups excluding carboxylic acids is 2. The van der Waals surface area contributed by atoms with Gasteiger partial charge in [-0.1, -0.05) is 19.3 Å². The Labute approximate surface area is 156 Å². The summed E-state index contributed by atoms with van der Waals surface area (Å²) in [4.78, 5) is 27.6. The summed E-state index contributed by atoms with van der Waals surface area (Å²) in [6.07, 6.45) is 8.06. The van der Waals surface area contributed by atoms with Gasteiger partial charge in [0.15, 0.2) is 0 Å². The lowest BCUT2D eigenvalue weighted by Gasteiger charge is -2.28. The number of anilines is 2. The first-order chi connectivity index (χ1) is 12.5. The van der Waals surface area contributed by atoms with E-state index in [1.807, 2.05) is 24.3 Å². The Morgan fingerprint density at radius 1 is 0.923 bits per heavy atom. The summed E-state index contributed by atoms with van der Waals surface area (Å²) in [6.45, 7) is 5.58. The SMILES string of the molecule is CC(C)(C(=O)Nc1ccc(N2CCCC2)cc1)C(=O)NC1CCCCC1. The van der Waals surface area contributed by atoms with E-state index in [-0.39, 0.29) is 17.9 Å². The van der Waals surface area contributed by atoms with Crippen LogP contribution in [0.4, 0.5) is 11.4 Å². The maximum atomic E-state index is 12.7. The summed E-state index contributed by atoms with van der Waals surface area (Å²) in [7, 11) is 0. The molecule has 5 nitrogen and oxygen atoms in total. The number of carbonyl (C=O) groups is 2. The van der Waals surface area contributed by atoms with Crippen LogP contribution >= 0.6 is 0 Å².